The summed E-state index contributed by atoms with van der Waals surface area (Å²) in [6.45, 7) is 0. The molecule has 1 unspecified atom stereocenters. The predicted molar refractivity (Wildman–Crippen MR) is 106 cm³/mol. The Morgan fingerprint density at radius 1 is 1.14 bits per heavy atom. The second-order valence-corrected chi connectivity index (χ2v) is 6.69. The molecule has 3 aromatic rings. The minimum absolute atomic E-state index is 0.0216. The quantitative estimate of drug-likeness (QED) is 0.630. The summed E-state index contributed by atoms with van der Waals surface area (Å²) >= 11 is 0. The van der Waals surface area contributed by atoms with Gasteiger partial charge in [-0.15, -0.1) is 0 Å². The van der Waals surface area contributed by atoms with Crippen LogP contribution in [-0.4, -0.2) is 15.9 Å². The van der Waals surface area contributed by atoms with Gasteiger partial charge in [-0.05, 0) is 35.9 Å². The summed E-state index contributed by atoms with van der Waals surface area (Å²) in [6.07, 6.45) is 3.22. The molecule has 0 radical (unpaired) electrons. The van der Waals surface area contributed by atoms with Crippen molar-refractivity contribution in [3.05, 3.63) is 88.1 Å². The van der Waals surface area contributed by atoms with Gasteiger partial charge in [0.05, 0.1) is 5.69 Å². The Morgan fingerprint density at radius 2 is 1.90 bits per heavy atom. The Kier molecular flexibility index (Phi) is 4.46. The van der Waals surface area contributed by atoms with Gasteiger partial charge in [-0.25, -0.2) is 13.8 Å². The van der Waals surface area contributed by atoms with Crippen LogP contribution >= 0.6 is 0 Å². The maximum atomic E-state index is 15.4. The highest BCUT2D eigenvalue weighted by molar-refractivity contribution is 5.93. The number of hydrogen-bond acceptors (Lipinski definition) is 4. The molecule has 0 saturated heterocycles. The SMILES string of the molecule is NC(=O)C1=CC=C(F)C(F)(c2ccc(Nc3ccnc4[nH]c(=O)ccc34)cc2)C1. The molecule has 2 aromatic heterocycles. The fourth-order valence-electron chi connectivity index (χ4n) is 3.26. The van der Waals surface area contributed by atoms with Gasteiger partial charge in [0.25, 0.3) is 0 Å². The largest absolute Gasteiger partial charge is 0.366 e. The van der Waals surface area contributed by atoms with Crippen LogP contribution in [-0.2, 0) is 10.5 Å². The van der Waals surface area contributed by atoms with Crippen LogP contribution in [0.15, 0.2) is 77.0 Å². The highest BCUT2D eigenvalue weighted by atomic mass is 19.2. The molecule has 1 aliphatic rings. The van der Waals surface area contributed by atoms with Crippen molar-refractivity contribution in [2.24, 2.45) is 5.73 Å². The molecule has 6 nitrogen and oxygen atoms in total. The molecule has 146 valence electrons. The van der Waals surface area contributed by atoms with Crippen molar-refractivity contribution in [2.75, 3.05) is 5.32 Å². The van der Waals surface area contributed by atoms with Crippen LogP contribution in [0.4, 0.5) is 20.2 Å². The summed E-state index contributed by atoms with van der Waals surface area (Å²) in [5.74, 6) is -1.76. The number of nitrogens with zero attached hydrogens (tertiary/aromatic N) is 1. The standard InChI is InChI=1S/C21H16F2N4O2/c22-17-7-1-12(19(24)29)11-21(17,23)13-2-4-14(5-3-13)26-16-9-10-25-20-15(16)6-8-18(28)27-20/h1-10H,11H2,(H2,24,29)(H2,25,26,27,28). The molecule has 0 spiro atoms. The summed E-state index contributed by atoms with van der Waals surface area (Å²) in [7, 11) is 0. The number of carbonyl (C=O) groups is 1. The molecular formula is C21H16F2N4O2. The van der Waals surface area contributed by atoms with Crippen molar-refractivity contribution in [3.63, 3.8) is 0 Å². The topological polar surface area (TPSA) is 101 Å². The average Bonchev–Trinajstić information content (AvgIpc) is 2.70. The normalized spacial score (nSPS) is 18.8. The smallest absolute Gasteiger partial charge is 0.249 e. The number of benzene rings is 1. The summed E-state index contributed by atoms with van der Waals surface area (Å²) in [4.78, 5) is 29.6. The first-order valence-electron chi connectivity index (χ1n) is 8.78. The van der Waals surface area contributed by atoms with Gasteiger partial charge in [0.2, 0.25) is 11.5 Å². The lowest BCUT2D eigenvalue weighted by atomic mass is 9.84. The van der Waals surface area contributed by atoms with E-state index in [-0.39, 0.29) is 16.7 Å². The van der Waals surface area contributed by atoms with E-state index in [1.807, 2.05) is 0 Å². The first-order chi connectivity index (χ1) is 13.9. The van der Waals surface area contributed by atoms with Crippen molar-refractivity contribution in [3.8, 4) is 0 Å². The zero-order valence-electron chi connectivity index (χ0n) is 15.1. The number of fused-ring (bicyclic) bond motifs is 1. The minimum Gasteiger partial charge on any atom is -0.366 e. The zero-order chi connectivity index (χ0) is 20.6. The third kappa shape index (κ3) is 3.40. The lowest BCUT2D eigenvalue weighted by Crippen LogP contribution is -2.28. The number of aromatic amines is 1. The molecule has 0 aliphatic heterocycles. The first kappa shape index (κ1) is 18.5. The summed E-state index contributed by atoms with van der Waals surface area (Å²) in [6, 6.07) is 10.9. The number of primary amides is 1. The number of aromatic nitrogens is 2. The van der Waals surface area contributed by atoms with Crippen LogP contribution in [0, 0.1) is 0 Å². The maximum Gasteiger partial charge on any atom is 0.249 e. The van der Waals surface area contributed by atoms with Gasteiger partial charge in [0.1, 0.15) is 11.5 Å². The number of anilines is 2. The maximum absolute atomic E-state index is 15.4. The predicted octanol–water partition coefficient (Wildman–Crippen LogP) is 3.50. The number of allylic oxidation sites excluding steroid dienone is 3. The fourth-order valence-corrected chi connectivity index (χ4v) is 3.26. The van der Waals surface area contributed by atoms with E-state index >= 15 is 4.39 Å². The van der Waals surface area contributed by atoms with Crippen LogP contribution in [0.2, 0.25) is 0 Å². The van der Waals surface area contributed by atoms with Gasteiger partial charge in [-0.1, -0.05) is 18.2 Å². The first-order valence-corrected chi connectivity index (χ1v) is 8.78. The van der Waals surface area contributed by atoms with Gasteiger partial charge >= 0.3 is 0 Å². The highest BCUT2D eigenvalue weighted by Crippen LogP contribution is 2.43. The molecule has 0 fully saturated rings. The van der Waals surface area contributed by atoms with Gasteiger partial charge in [0, 0.05) is 35.3 Å². The van der Waals surface area contributed by atoms with Gasteiger partial charge in [0.15, 0.2) is 5.67 Å². The minimum atomic E-state index is -2.44. The molecule has 4 N–H and O–H groups in total. The number of rotatable bonds is 4. The van der Waals surface area contributed by atoms with Crippen LogP contribution in [0.3, 0.4) is 0 Å². The van der Waals surface area contributed by atoms with E-state index in [2.05, 4.69) is 15.3 Å². The van der Waals surface area contributed by atoms with Crippen LogP contribution in [0.1, 0.15) is 12.0 Å². The zero-order valence-corrected chi connectivity index (χ0v) is 15.1. The molecule has 8 heteroatoms. The number of pyridine rings is 2. The van der Waals surface area contributed by atoms with E-state index in [1.165, 1.54) is 24.3 Å². The Balaban J connectivity index is 1.62. The summed E-state index contributed by atoms with van der Waals surface area (Å²) < 4.78 is 29.6. The second-order valence-electron chi connectivity index (χ2n) is 6.69. The van der Waals surface area contributed by atoms with Crippen LogP contribution in [0.5, 0.6) is 0 Å². The van der Waals surface area contributed by atoms with Crippen LogP contribution in [0.25, 0.3) is 11.0 Å². The molecule has 0 saturated carbocycles. The van der Waals surface area contributed by atoms with Crippen molar-refractivity contribution < 1.29 is 13.6 Å². The number of nitrogens with two attached hydrogens (primary N) is 1. The molecular weight excluding hydrogens is 378 g/mol. The molecule has 0 bridgehead atoms. The van der Waals surface area contributed by atoms with E-state index in [9.17, 15) is 14.0 Å². The molecule has 1 atom stereocenters. The Morgan fingerprint density at radius 3 is 2.62 bits per heavy atom. The molecule has 1 aliphatic carbocycles. The van der Waals surface area contributed by atoms with E-state index in [0.29, 0.717) is 22.4 Å². The van der Waals surface area contributed by atoms with Crippen molar-refractivity contribution in [1.29, 1.82) is 0 Å². The molecule has 4 rings (SSSR count). The molecule has 29 heavy (non-hydrogen) atoms. The number of hydrogen-bond donors (Lipinski definition) is 3. The van der Waals surface area contributed by atoms with Crippen molar-refractivity contribution in [2.45, 2.75) is 12.1 Å². The Hall–Kier alpha value is -3.81. The average molecular weight is 394 g/mol. The van der Waals surface area contributed by atoms with E-state index in [0.717, 1.165) is 6.08 Å². The summed E-state index contributed by atoms with van der Waals surface area (Å²) in [5, 5.41) is 3.87. The van der Waals surface area contributed by atoms with Gasteiger partial charge in [-0.3, -0.25) is 9.59 Å². The van der Waals surface area contributed by atoms with E-state index in [4.69, 9.17) is 5.73 Å². The monoisotopic (exact) mass is 394 g/mol. The summed E-state index contributed by atoms with van der Waals surface area (Å²) in [5.41, 5.74) is 4.36. The Labute approximate surface area is 163 Å². The van der Waals surface area contributed by atoms with Gasteiger partial charge < -0.3 is 16.0 Å². The lowest BCUT2D eigenvalue weighted by Gasteiger charge is -2.27. The van der Waals surface area contributed by atoms with Gasteiger partial charge in [-0.2, -0.15) is 0 Å². The molecule has 1 aromatic carbocycles. The lowest BCUT2D eigenvalue weighted by molar-refractivity contribution is -0.115. The molecule has 2 heterocycles. The number of carbonyl (C=O) groups excluding carboxylic acids is 1. The number of nitrogens with one attached hydrogen (secondary N) is 2. The van der Waals surface area contributed by atoms with Crippen molar-refractivity contribution in [1.82, 2.24) is 9.97 Å². The Bertz CT molecular complexity index is 1230. The second kappa shape index (κ2) is 6.97. The molecule has 1 amide bonds. The third-order valence-electron chi connectivity index (χ3n) is 4.81. The number of halogens is 2. The van der Waals surface area contributed by atoms with Crippen molar-refractivity contribution >= 4 is 28.3 Å². The third-order valence-corrected chi connectivity index (χ3v) is 4.81. The van der Waals surface area contributed by atoms with E-state index in [1.54, 1.807) is 30.5 Å². The highest BCUT2D eigenvalue weighted by Gasteiger charge is 2.40. The number of alkyl halides is 1. The van der Waals surface area contributed by atoms with Crippen LogP contribution < -0.4 is 16.6 Å². The fraction of sp³-hybridized carbons (Fsp3) is 0.0952. The number of H-pyrrole nitrogens is 1. The van der Waals surface area contributed by atoms with E-state index < -0.39 is 23.8 Å². The number of amides is 1.